The van der Waals surface area contributed by atoms with E-state index in [-0.39, 0.29) is 17.9 Å². The van der Waals surface area contributed by atoms with E-state index in [1.54, 1.807) is 23.2 Å². The fraction of sp³-hybridized carbons (Fsp3) is 0.438. The quantitative estimate of drug-likeness (QED) is 0.166. The summed E-state index contributed by atoms with van der Waals surface area (Å²) in [5.41, 5.74) is -0.295. The van der Waals surface area contributed by atoms with Crippen LogP contribution in [0, 0.1) is 20.2 Å². The molecule has 1 saturated heterocycles. The van der Waals surface area contributed by atoms with Crippen LogP contribution in [0.4, 0.5) is 10.1 Å². The molecule has 13 heteroatoms. The van der Waals surface area contributed by atoms with E-state index in [1.807, 2.05) is 82.3 Å². The lowest BCUT2D eigenvalue weighted by atomic mass is 9.68. The number of ether oxygens (including phenoxy) is 1. The van der Waals surface area contributed by atoms with Crippen molar-refractivity contribution >= 4 is 47.1 Å². The number of aromatic nitrogens is 3. The van der Waals surface area contributed by atoms with E-state index in [0.717, 1.165) is 9.26 Å². The molecule has 5 rings (SSSR count). The summed E-state index contributed by atoms with van der Waals surface area (Å²) in [5, 5.41) is 0.697. The Morgan fingerprint density at radius 3 is 2.29 bits per heavy atom. The van der Waals surface area contributed by atoms with Crippen molar-refractivity contribution in [2.24, 2.45) is 10.8 Å². The number of hydrogen-bond donors (Lipinski definition) is 2. The molecule has 0 unspecified atom stereocenters. The molecule has 2 N–H and O–H groups in total. The molecule has 4 heterocycles. The van der Waals surface area contributed by atoms with E-state index in [4.69, 9.17) is 14.2 Å². The molecule has 1 aromatic carbocycles. The Hall–Kier alpha value is -2.61. The normalized spacial score (nSPS) is 15.2. The van der Waals surface area contributed by atoms with Crippen LogP contribution in [0.15, 0.2) is 59.8 Å². The first-order valence-electron chi connectivity index (χ1n) is 14.7. The molecule has 0 atom stereocenters. The summed E-state index contributed by atoms with van der Waals surface area (Å²) in [7, 11) is -5.02. The van der Waals surface area contributed by atoms with Crippen molar-refractivity contribution in [1.29, 1.82) is 0 Å². The van der Waals surface area contributed by atoms with Crippen molar-refractivity contribution in [3.63, 3.8) is 0 Å². The minimum atomic E-state index is -5.02. The predicted octanol–water partition coefficient (Wildman–Crippen LogP) is 6.35. The fourth-order valence-electron chi connectivity index (χ4n) is 6.60. The maximum atomic E-state index is 14.0. The summed E-state index contributed by atoms with van der Waals surface area (Å²) in [6.45, 7) is 14.0. The third-order valence-corrected chi connectivity index (χ3v) is 9.34. The van der Waals surface area contributed by atoms with Crippen LogP contribution >= 0.6 is 30.4 Å². The number of fused-ring (bicyclic) bond motifs is 1. The molecule has 0 saturated carbocycles. The summed E-state index contributed by atoms with van der Waals surface area (Å²) >= 11 is 2.04. The van der Waals surface area contributed by atoms with Crippen molar-refractivity contribution in [3.05, 3.63) is 80.3 Å². The zero-order chi connectivity index (χ0) is 32.9. The molecule has 0 amide bonds. The number of pyridine rings is 2. The molecule has 0 spiro atoms. The second kappa shape index (κ2) is 12.2. The van der Waals surface area contributed by atoms with Crippen LogP contribution in [0.2, 0.25) is 0 Å². The van der Waals surface area contributed by atoms with Gasteiger partial charge < -0.3 is 28.6 Å². The molecule has 1 fully saturated rings. The highest BCUT2D eigenvalue weighted by atomic mass is 127. The number of phosphoric ester groups is 1. The van der Waals surface area contributed by atoms with Gasteiger partial charge in [0.15, 0.2) is 5.72 Å². The van der Waals surface area contributed by atoms with E-state index >= 15 is 0 Å². The van der Waals surface area contributed by atoms with Crippen LogP contribution in [0.5, 0.6) is 0 Å². The zero-order valence-corrected chi connectivity index (χ0v) is 29.3. The number of halogens is 2. The fourth-order valence-corrected chi connectivity index (χ4v) is 8.28. The lowest BCUT2D eigenvalue weighted by molar-refractivity contribution is -0.188. The highest BCUT2D eigenvalue weighted by molar-refractivity contribution is 14.1. The smallest absolute Gasteiger partial charge is 0.378 e. The van der Waals surface area contributed by atoms with Crippen LogP contribution in [0.3, 0.4) is 0 Å². The Morgan fingerprint density at radius 1 is 1.04 bits per heavy atom. The topological polar surface area (TPSA) is 119 Å². The lowest BCUT2D eigenvalue weighted by Crippen LogP contribution is -2.56. The van der Waals surface area contributed by atoms with Gasteiger partial charge in [0.05, 0.1) is 31.6 Å². The van der Waals surface area contributed by atoms with Gasteiger partial charge in [-0.15, -0.1) is 0 Å². The van der Waals surface area contributed by atoms with Crippen LogP contribution < -0.4 is 10.5 Å². The number of benzene rings is 1. The van der Waals surface area contributed by atoms with Gasteiger partial charge in [-0.05, 0) is 64.0 Å². The van der Waals surface area contributed by atoms with E-state index in [0.29, 0.717) is 54.0 Å². The number of anilines is 1. The number of nitrogens with zero attached hydrogens (tertiary/aromatic N) is 4. The monoisotopic (exact) mass is 752 g/mol. The van der Waals surface area contributed by atoms with Gasteiger partial charge in [-0.2, -0.15) is 0 Å². The predicted molar refractivity (Wildman–Crippen MR) is 181 cm³/mol. The molecule has 0 bridgehead atoms. The van der Waals surface area contributed by atoms with E-state index in [2.05, 4.69) is 4.90 Å². The first kappa shape index (κ1) is 33.7. The second-order valence-corrected chi connectivity index (χ2v) is 15.9. The molecule has 3 aromatic heterocycles. The first-order valence-corrected chi connectivity index (χ1v) is 17.3. The van der Waals surface area contributed by atoms with Gasteiger partial charge >= 0.3 is 7.82 Å². The number of rotatable bonds is 7. The van der Waals surface area contributed by atoms with Crippen molar-refractivity contribution < 1.29 is 28.0 Å². The molecule has 1 aliphatic rings. The highest BCUT2D eigenvalue weighted by Crippen LogP contribution is 2.59. The molecule has 10 nitrogen and oxygen atoms in total. The molecule has 45 heavy (non-hydrogen) atoms. The Balaban J connectivity index is 1.74. The molecule has 0 aliphatic carbocycles. The average molecular weight is 753 g/mol. The third-order valence-electron chi connectivity index (χ3n) is 8.21. The Kier molecular flexibility index (Phi) is 9.15. The highest BCUT2D eigenvalue weighted by Gasteiger charge is 2.57. The molecule has 1 aliphatic heterocycles. The van der Waals surface area contributed by atoms with Crippen molar-refractivity contribution in [3.8, 4) is 11.1 Å². The van der Waals surface area contributed by atoms with Gasteiger partial charge in [-0.1, -0.05) is 41.5 Å². The summed E-state index contributed by atoms with van der Waals surface area (Å²) in [5.74, 6) is -0.364. The third kappa shape index (κ3) is 6.77. The Labute approximate surface area is 275 Å². The molecular weight excluding hydrogens is 713 g/mol. The van der Waals surface area contributed by atoms with Crippen molar-refractivity contribution in [2.75, 3.05) is 31.2 Å². The number of hydrogen-bond acceptors (Lipinski definition) is 6. The van der Waals surface area contributed by atoms with Gasteiger partial charge in [0.1, 0.15) is 11.5 Å². The van der Waals surface area contributed by atoms with E-state index in [1.165, 1.54) is 22.8 Å². The van der Waals surface area contributed by atoms with Crippen molar-refractivity contribution in [1.82, 2.24) is 14.1 Å². The SMILES string of the molecule is CC(C)(C)C(OP(=O)(O)O)(n1cc(-c2ccn(Cc3cc(F)cc(I)c3)c(=O)c2)c2cc(N3CCOCC3)cnc21)C(C)(C)C. The van der Waals surface area contributed by atoms with Crippen molar-refractivity contribution in [2.45, 2.75) is 53.8 Å². The molecule has 0 radical (unpaired) electrons. The first-order chi connectivity index (χ1) is 20.9. The van der Waals surface area contributed by atoms with Crippen LogP contribution in [-0.2, 0) is 26.1 Å². The lowest BCUT2D eigenvalue weighted by Gasteiger charge is -2.53. The summed E-state index contributed by atoms with van der Waals surface area (Å²) in [6.07, 6.45) is 5.20. The summed E-state index contributed by atoms with van der Waals surface area (Å²) in [4.78, 5) is 41.0. The number of phosphoric acid groups is 1. The molecule has 4 aromatic rings. The second-order valence-electron chi connectivity index (χ2n) is 13.5. The zero-order valence-electron chi connectivity index (χ0n) is 26.3. The van der Waals surface area contributed by atoms with Gasteiger partial charge in [0.25, 0.3) is 5.56 Å². The largest absolute Gasteiger partial charge is 0.471 e. The van der Waals surface area contributed by atoms with Gasteiger partial charge in [0, 0.05) is 56.9 Å². The standard InChI is InChI=1S/C32H39FIN4O6P/c1-30(2,3)32(31(4,5)6,44-45(40,41)42)38-20-27(26-17-25(18-35-29(26)38)36-9-11-43-12-10-36)22-7-8-37(28(39)15-22)19-21-13-23(33)16-24(34)14-21/h7-8,13-18,20H,9-12,19H2,1-6H3,(H2,40,41,42). The minimum absolute atomic E-state index is 0.199. The Bertz CT molecular complexity index is 1800. The summed E-state index contributed by atoms with van der Waals surface area (Å²) in [6, 6.07) is 9.99. The van der Waals surface area contributed by atoms with Gasteiger partial charge in [0.2, 0.25) is 0 Å². The van der Waals surface area contributed by atoms with E-state index in [9.17, 15) is 23.5 Å². The molecular formula is C32H39FIN4O6P. The van der Waals surface area contributed by atoms with Gasteiger partial charge in [-0.3, -0.25) is 9.32 Å². The van der Waals surface area contributed by atoms with Crippen LogP contribution in [0.1, 0.15) is 47.1 Å². The van der Waals surface area contributed by atoms with Crippen LogP contribution in [0.25, 0.3) is 22.2 Å². The van der Waals surface area contributed by atoms with E-state index < -0.39 is 24.4 Å². The van der Waals surface area contributed by atoms with Gasteiger partial charge in [-0.25, -0.2) is 13.9 Å². The Morgan fingerprint density at radius 2 is 1.71 bits per heavy atom. The maximum Gasteiger partial charge on any atom is 0.471 e. The van der Waals surface area contributed by atoms with Crippen LogP contribution in [-0.4, -0.2) is 50.2 Å². The number of morpholine rings is 1. The molecule has 242 valence electrons. The maximum absolute atomic E-state index is 14.0. The summed E-state index contributed by atoms with van der Waals surface area (Å²) < 4.78 is 42.0. The average Bonchev–Trinajstić information content (AvgIpc) is 3.30. The minimum Gasteiger partial charge on any atom is -0.378 e.